The van der Waals surface area contributed by atoms with Crippen molar-refractivity contribution in [2.45, 2.75) is 96.3 Å². The molecule has 2 saturated heterocycles. The summed E-state index contributed by atoms with van der Waals surface area (Å²) in [6.07, 6.45) is 10.1. The number of hydrogen-bond acceptors (Lipinski definition) is 8. The third kappa shape index (κ3) is 5.73. The Kier molecular flexibility index (Phi) is 8.35. The minimum atomic E-state index is -0.819. The number of fused-ring (bicyclic) bond motifs is 1. The first-order valence-corrected chi connectivity index (χ1v) is 16.9. The summed E-state index contributed by atoms with van der Waals surface area (Å²) in [5.41, 5.74) is 2.80. The SMILES string of the molecule is C[C@@H](Nc1nc(N2CCC[C@@H]2C(=O)O)nc2nc(N3CCOC[C@H]3c3ccccc3)n(C[C@H]3CC[C@H](C)CC3)c12)C1CCC1. The maximum Gasteiger partial charge on any atom is 0.326 e. The van der Waals surface area contributed by atoms with Crippen molar-refractivity contribution in [3.05, 3.63) is 35.9 Å². The first-order chi connectivity index (χ1) is 21.5. The van der Waals surface area contributed by atoms with Gasteiger partial charge in [0.05, 0.1) is 19.3 Å². The molecule has 4 heterocycles. The van der Waals surface area contributed by atoms with Crippen LogP contribution in [0.15, 0.2) is 30.3 Å². The van der Waals surface area contributed by atoms with Gasteiger partial charge in [-0.25, -0.2) is 4.79 Å². The third-order valence-corrected chi connectivity index (χ3v) is 10.7. The quantitative estimate of drug-likeness (QED) is 0.311. The highest BCUT2D eigenvalue weighted by atomic mass is 16.5. The minimum absolute atomic E-state index is 0.0413. The highest BCUT2D eigenvalue weighted by Gasteiger charge is 2.36. The van der Waals surface area contributed by atoms with Gasteiger partial charge < -0.3 is 29.5 Å². The molecule has 0 unspecified atom stereocenters. The van der Waals surface area contributed by atoms with Crippen LogP contribution in [0.1, 0.15) is 83.2 Å². The van der Waals surface area contributed by atoms with E-state index in [9.17, 15) is 9.90 Å². The average Bonchev–Trinajstić information content (AvgIpc) is 3.64. The van der Waals surface area contributed by atoms with Gasteiger partial charge in [-0.15, -0.1) is 0 Å². The van der Waals surface area contributed by atoms with Crippen LogP contribution in [0.2, 0.25) is 0 Å². The highest BCUT2D eigenvalue weighted by Crippen LogP contribution is 2.39. The number of carbonyl (C=O) groups is 1. The van der Waals surface area contributed by atoms with Gasteiger partial charge in [0.15, 0.2) is 11.5 Å². The van der Waals surface area contributed by atoms with Crippen molar-refractivity contribution in [2.24, 2.45) is 17.8 Å². The summed E-state index contributed by atoms with van der Waals surface area (Å²) in [5, 5.41) is 13.8. The molecule has 0 radical (unpaired) electrons. The van der Waals surface area contributed by atoms with Gasteiger partial charge in [-0.2, -0.15) is 15.0 Å². The summed E-state index contributed by atoms with van der Waals surface area (Å²) in [5.74, 6) is 3.30. The van der Waals surface area contributed by atoms with E-state index in [1.807, 2.05) is 4.90 Å². The zero-order chi connectivity index (χ0) is 30.2. The van der Waals surface area contributed by atoms with Crippen LogP contribution in [0.4, 0.5) is 17.7 Å². The number of carboxylic acid groups (broad SMARTS) is 1. The molecule has 10 nitrogen and oxygen atoms in total. The van der Waals surface area contributed by atoms with Crippen molar-refractivity contribution < 1.29 is 14.6 Å². The number of hydrogen-bond donors (Lipinski definition) is 2. The van der Waals surface area contributed by atoms with Crippen LogP contribution >= 0.6 is 0 Å². The summed E-state index contributed by atoms with van der Waals surface area (Å²) in [4.78, 5) is 31.9. The smallest absolute Gasteiger partial charge is 0.326 e. The maximum atomic E-state index is 12.2. The van der Waals surface area contributed by atoms with E-state index in [4.69, 9.17) is 19.7 Å². The van der Waals surface area contributed by atoms with Gasteiger partial charge in [0, 0.05) is 25.7 Å². The molecule has 3 atom stereocenters. The van der Waals surface area contributed by atoms with E-state index in [1.165, 1.54) is 50.5 Å². The molecule has 7 rings (SSSR count). The summed E-state index contributed by atoms with van der Waals surface area (Å²) < 4.78 is 8.42. The van der Waals surface area contributed by atoms with E-state index < -0.39 is 12.0 Å². The molecular formula is C34H47N7O3. The maximum absolute atomic E-state index is 12.2. The normalized spacial score (nSPS) is 27.0. The number of anilines is 3. The Balaban J connectivity index is 1.37. The fourth-order valence-electron chi connectivity index (χ4n) is 7.73. The van der Waals surface area contributed by atoms with Gasteiger partial charge in [0.1, 0.15) is 11.6 Å². The second-order valence-electron chi connectivity index (χ2n) is 13.7. The molecule has 236 valence electrons. The van der Waals surface area contributed by atoms with Crippen LogP contribution in [0, 0.1) is 17.8 Å². The number of benzene rings is 1. The Morgan fingerprint density at radius 2 is 1.80 bits per heavy atom. The van der Waals surface area contributed by atoms with Crippen LogP contribution in [0.3, 0.4) is 0 Å². The van der Waals surface area contributed by atoms with E-state index >= 15 is 0 Å². The van der Waals surface area contributed by atoms with E-state index in [-0.39, 0.29) is 12.1 Å². The van der Waals surface area contributed by atoms with Gasteiger partial charge in [-0.3, -0.25) is 0 Å². The Hall–Kier alpha value is -3.40. The first-order valence-electron chi connectivity index (χ1n) is 16.9. The van der Waals surface area contributed by atoms with E-state index in [2.05, 4.69) is 59.0 Å². The largest absolute Gasteiger partial charge is 0.480 e. The minimum Gasteiger partial charge on any atom is -0.480 e. The van der Waals surface area contributed by atoms with Crippen LogP contribution in [0.5, 0.6) is 0 Å². The lowest BCUT2D eigenvalue weighted by atomic mass is 9.80. The molecule has 0 amide bonds. The zero-order valence-corrected chi connectivity index (χ0v) is 26.2. The van der Waals surface area contributed by atoms with Gasteiger partial charge in [-0.05, 0) is 68.8 Å². The number of imidazole rings is 1. The molecule has 10 heteroatoms. The molecule has 3 aromatic rings. The molecule has 2 saturated carbocycles. The Morgan fingerprint density at radius 1 is 1.00 bits per heavy atom. The molecule has 2 aromatic heterocycles. The van der Waals surface area contributed by atoms with Gasteiger partial charge in [0.25, 0.3) is 0 Å². The number of ether oxygens (including phenoxy) is 1. The van der Waals surface area contributed by atoms with Crippen molar-refractivity contribution >= 4 is 34.8 Å². The summed E-state index contributed by atoms with van der Waals surface area (Å²) >= 11 is 0. The van der Waals surface area contributed by atoms with Crippen molar-refractivity contribution in [3.63, 3.8) is 0 Å². The topological polar surface area (TPSA) is 109 Å². The number of aromatic nitrogens is 4. The fraction of sp³-hybridized carbons (Fsp3) is 0.647. The van der Waals surface area contributed by atoms with Crippen molar-refractivity contribution in [1.82, 2.24) is 19.5 Å². The standard InChI is InChI=1S/C34H47N7O3/c1-22-13-15-24(16-14-22)20-41-29-30(35-23(2)25-10-6-11-25)36-33(39-17-7-12-27(39)32(42)43)37-31(29)38-34(41)40-18-19-44-21-28(40)26-8-4-3-5-9-26/h3-5,8-9,22-25,27-28H,6-7,10-21H2,1-2H3,(H,42,43)(H,35,36,37)/t22-,23-,24-,27-,28+/m1/s1. The second-order valence-corrected chi connectivity index (χ2v) is 13.7. The van der Waals surface area contributed by atoms with E-state index in [0.717, 1.165) is 42.7 Å². The fourth-order valence-corrected chi connectivity index (χ4v) is 7.73. The van der Waals surface area contributed by atoms with Crippen LogP contribution in [-0.2, 0) is 16.1 Å². The predicted octanol–water partition coefficient (Wildman–Crippen LogP) is 5.88. The van der Waals surface area contributed by atoms with E-state index in [1.54, 1.807) is 0 Å². The molecule has 4 fully saturated rings. The van der Waals surface area contributed by atoms with Gasteiger partial charge >= 0.3 is 5.97 Å². The Morgan fingerprint density at radius 3 is 2.52 bits per heavy atom. The molecule has 4 aliphatic rings. The summed E-state index contributed by atoms with van der Waals surface area (Å²) in [7, 11) is 0. The van der Waals surface area contributed by atoms with Crippen LogP contribution in [-0.4, -0.2) is 69.0 Å². The van der Waals surface area contributed by atoms with Crippen molar-refractivity contribution in [2.75, 3.05) is 41.4 Å². The highest BCUT2D eigenvalue weighted by molar-refractivity contribution is 5.88. The van der Waals surface area contributed by atoms with Gasteiger partial charge in [-0.1, -0.05) is 56.5 Å². The Labute approximate surface area is 260 Å². The number of aliphatic carboxylic acids is 1. The second kappa shape index (κ2) is 12.5. The number of carboxylic acids is 1. The first kappa shape index (κ1) is 29.3. The molecule has 2 aliphatic carbocycles. The Bertz CT molecular complexity index is 1450. The molecule has 2 aliphatic heterocycles. The molecule has 44 heavy (non-hydrogen) atoms. The summed E-state index contributed by atoms with van der Waals surface area (Å²) in [6, 6.07) is 10.3. The zero-order valence-electron chi connectivity index (χ0n) is 26.2. The van der Waals surface area contributed by atoms with Crippen molar-refractivity contribution in [1.29, 1.82) is 0 Å². The van der Waals surface area contributed by atoms with Crippen LogP contribution < -0.4 is 15.1 Å². The third-order valence-electron chi connectivity index (χ3n) is 10.7. The number of nitrogens with zero attached hydrogens (tertiary/aromatic N) is 6. The average molecular weight is 602 g/mol. The molecule has 2 N–H and O–H groups in total. The van der Waals surface area contributed by atoms with Crippen molar-refractivity contribution in [3.8, 4) is 0 Å². The number of nitrogens with one attached hydrogen (secondary N) is 1. The molecule has 0 spiro atoms. The molecular weight excluding hydrogens is 554 g/mol. The van der Waals surface area contributed by atoms with Gasteiger partial charge in [0.2, 0.25) is 11.9 Å². The lowest BCUT2D eigenvalue weighted by Gasteiger charge is -2.37. The lowest BCUT2D eigenvalue weighted by Crippen LogP contribution is -2.41. The van der Waals surface area contributed by atoms with E-state index in [0.29, 0.717) is 49.6 Å². The lowest BCUT2D eigenvalue weighted by molar-refractivity contribution is -0.138. The monoisotopic (exact) mass is 601 g/mol. The molecule has 0 bridgehead atoms. The van der Waals surface area contributed by atoms with Crippen LogP contribution in [0.25, 0.3) is 11.2 Å². The molecule has 1 aromatic carbocycles. The number of rotatable bonds is 9. The number of morpholine rings is 1. The predicted molar refractivity (Wildman–Crippen MR) is 172 cm³/mol. The summed E-state index contributed by atoms with van der Waals surface area (Å²) in [6.45, 7) is 8.10.